The molecule has 0 aromatic heterocycles. The van der Waals surface area contributed by atoms with Crippen molar-refractivity contribution in [3.63, 3.8) is 0 Å². The highest BCUT2D eigenvalue weighted by atomic mass is 16.5. The van der Waals surface area contributed by atoms with E-state index in [1.54, 1.807) is 0 Å². The number of hydrogen-bond acceptors (Lipinski definition) is 4. The molecule has 0 amide bonds. The maximum Gasteiger partial charge on any atom is 0.125 e. The van der Waals surface area contributed by atoms with E-state index in [1.165, 1.54) is 12.8 Å². The first kappa shape index (κ1) is 16.7. The van der Waals surface area contributed by atoms with Crippen LogP contribution < -0.4 is 4.74 Å². The van der Waals surface area contributed by atoms with Crippen LogP contribution in [0.2, 0.25) is 0 Å². The molecule has 0 radical (unpaired) electrons. The Morgan fingerprint density at radius 1 is 1.26 bits per heavy atom. The topological polar surface area (TPSA) is 41.9 Å². The Bertz CT molecular complexity index is 489. The molecule has 1 N–H and O–H groups in total. The second-order valence-electron chi connectivity index (χ2n) is 7.10. The fourth-order valence-corrected chi connectivity index (χ4v) is 3.40. The van der Waals surface area contributed by atoms with Gasteiger partial charge in [0, 0.05) is 25.7 Å². The monoisotopic (exact) mass is 319 g/mol. The molecule has 4 heteroatoms. The first-order chi connectivity index (χ1) is 11.1. The minimum Gasteiger partial charge on any atom is -0.490 e. The molecule has 3 rings (SSSR count). The number of nitrogens with zero attached hydrogens (tertiary/aromatic N) is 1. The highest BCUT2D eigenvalue weighted by molar-refractivity contribution is 5.39. The van der Waals surface area contributed by atoms with Gasteiger partial charge in [-0.25, -0.2) is 0 Å². The molecule has 1 aromatic rings. The van der Waals surface area contributed by atoms with E-state index in [2.05, 4.69) is 4.90 Å². The van der Waals surface area contributed by atoms with Crippen molar-refractivity contribution in [2.45, 2.75) is 45.3 Å². The maximum atomic E-state index is 10.4. The fourth-order valence-electron chi connectivity index (χ4n) is 3.40. The SMILES string of the molecule is Cc1cccc(C)c1OCC(O)CN(CC1CCOC1)C1CC1. The number of rotatable bonds is 8. The molecule has 2 aliphatic rings. The van der Waals surface area contributed by atoms with Gasteiger partial charge in [-0.2, -0.15) is 0 Å². The third-order valence-corrected chi connectivity index (χ3v) is 4.85. The maximum absolute atomic E-state index is 10.4. The van der Waals surface area contributed by atoms with Crippen molar-refractivity contribution in [3.05, 3.63) is 29.3 Å². The van der Waals surface area contributed by atoms with Crippen LogP contribution in [-0.4, -0.2) is 55.1 Å². The van der Waals surface area contributed by atoms with E-state index in [-0.39, 0.29) is 0 Å². The van der Waals surface area contributed by atoms with Crippen LogP contribution in [0.3, 0.4) is 0 Å². The largest absolute Gasteiger partial charge is 0.490 e. The molecule has 0 spiro atoms. The molecule has 0 bridgehead atoms. The van der Waals surface area contributed by atoms with Crippen LogP contribution in [0.5, 0.6) is 5.75 Å². The zero-order valence-corrected chi connectivity index (χ0v) is 14.3. The number of ether oxygens (including phenoxy) is 2. The molecular formula is C19H29NO3. The summed E-state index contributed by atoms with van der Waals surface area (Å²) in [6.07, 6.45) is 3.23. The second-order valence-corrected chi connectivity index (χ2v) is 7.10. The Morgan fingerprint density at radius 2 is 2.00 bits per heavy atom. The summed E-state index contributed by atoms with van der Waals surface area (Å²) in [7, 11) is 0. The van der Waals surface area contributed by atoms with Crippen LogP contribution in [0.4, 0.5) is 0 Å². The summed E-state index contributed by atoms with van der Waals surface area (Å²) in [6.45, 7) is 7.96. The van der Waals surface area contributed by atoms with E-state index in [0.29, 0.717) is 25.1 Å². The third kappa shape index (κ3) is 4.69. The molecule has 4 nitrogen and oxygen atoms in total. The highest BCUT2D eigenvalue weighted by Gasteiger charge is 2.32. The summed E-state index contributed by atoms with van der Waals surface area (Å²) in [5, 5.41) is 10.4. The minimum absolute atomic E-state index is 0.357. The van der Waals surface area contributed by atoms with Gasteiger partial charge >= 0.3 is 0 Å². The number of aliphatic hydroxyl groups is 1. The van der Waals surface area contributed by atoms with Gasteiger partial charge in [-0.15, -0.1) is 0 Å². The summed E-state index contributed by atoms with van der Waals surface area (Å²) in [6, 6.07) is 6.79. The van der Waals surface area contributed by atoms with Gasteiger partial charge in [-0.1, -0.05) is 18.2 Å². The highest BCUT2D eigenvalue weighted by Crippen LogP contribution is 2.29. The number of aryl methyl sites for hydroxylation is 2. The predicted molar refractivity (Wildman–Crippen MR) is 90.9 cm³/mol. The van der Waals surface area contributed by atoms with Gasteiger partial charge in [0.05, 0.1) is 6.61 Å². The number of para-hydroxylation sites is 1. The first-order valence-electron chi connectivity index (χ1n) is 8.82. The van der Waals surface area contributed by atoms with Crippen LogP contribution in [0.25, 0.3) is 0 Å². The molecule has 128 valence electrons. The van der Waals surface area contributed by atoms with Crippen molar-refractivity contribution in [3.8, 4) is 5.75 Å². The minimum atomic E-state index is -0.447. The van der Waals surface area contributed by atoms with Gasteiger partial charge < -0.3 is 14.6 Å². The average Bonchev–Trinajstić information content (AvgIpc) is 3.24. The average molecular weight is 319 g/mol. The van der Waals surface area contributed by atoms with Gasteiger partial charge in [0.1, 0.15) is 18.5 Å². The lowest BCUT2D eigenvalue weighted by atomic mass is 10.1. The third-order valence-electron chi connectivity index (χ3n) is 4.85. The van der Waals surface area contributed by atoms with Crippen molar-refractivity contribution in [2.24, 2.45) is 5.92 Å². The lowest BCUT2D eigenvalue weighted by Crippen LogP contribution is -2.40. The molecule has 1 saturated carbocycles. The Kier molecular flexibility index (Phi) is 5.57. The van der Waals surface area contributed by atoms with Crippen molar-refractivity contribution in [2.75, 3.05) is 32.9 Å². The lowest BCUT2D eigenvalue weighted by Gasteiger charge is -2.27. The molecule has 23 heavy (non-hydrogen) atoms. The Balaban J connectivity index is 1.49. The van der Waals surface area contributed by atoms with E-state index < -0.39 is 6.10 Å². The smallest absolute Gasteiger partial charge is 0.125 e. The van der Waals surface area contributed by atoms with Crippen molar-refractivity contribution >= 4 is 0 Å². The van der Waals surface area contributed by atoms with Crippen LogP contribution in [0, 0.1) is 19.8 Å². The van der Waals surface area contributed by atoms with E-state index in [0.717, 1.165) is 43.1 Å². The Labute approximate surface area is 139 Å². The zero-order valence-electron chi connectivity index (χ0n) is 14.3. The van der Waals surface area contributed by atoms with E-state index >= 15 is 0 Å². The van der Waals surface area contributed by atoms with Crippen molar-refractivity contribution in [1.82, 2.24) is 4.90 Å². The van der Waals surface area contributed by atoms with Crippen LogP contribution in [0.1, 0.15) is 30.4 Å². The summed E-state index contributed by atoms with van der Waals surface area (Å²) in [5.41, 5.74) is 2.25. The Morgan fingerprint density at radius 3 is 2.61 bits per heavy atom. The molecule has 1 aromatic carbocycles. The van der Waals surface area contributed by atoms with Crippen molar-refractivity contribution < 1.29 is 14.6 Å². The van der Waals surface area contributed by atoms with E-state index in [9.17, 15) is 5.11 Å². The summed E-state index contributed by atoms with van der Waals surface area (Å²) in [5.74, 6) is 1.54. The molecule has 1 saturated heterocycles. The van der Waals surface area contributed by atoms with Gasteiger partial charge in [0.25, 0.3) is 0 Å². The molecule has 2 atom stereocenters. The normalized spacial score (nSPS) is 22.5. The molecular weight excluding hydrogens is 290 g/mol. The Hall–Kier alpha value is -1.10. The van der Waals surface area contributed by atoms with Gasteiger partial charge in [0.2, 0.25) is 0 Å². The summed E-state index contributed by atoms with van der Waals surface area (Å²) >= 11 is 0. The van der Waals surface area contributed by atoms with E-state index in [1.807, 2.05) is 32.0 Å². The van der Waals surface area contributed by atoms with Crippen LogP contribution in [-0.2, 0) is 4.74 Å². The second kappa shape index (κ2) is 7.65. The molecule has 1 heterocycles. The molecule has 2 unspecified atom stereocenters. The van der Waals surface area contributed by atoms with Gasteiger partial charge in [-0.3, -0.25) is 4.90 Å². The predicted octanol–water partition coefficient (Wildman–Crippen LogP) is 2.54. The van der Waals surface area contributed by atoms with Crippen LogP contribution >= 0.6 is 0 Å². The zero-order chi connectivity index (χ0) is 16.2. The molecule has 1 aliphatic heterocycles. The number of hydrogen-bond donors (Lipinski definition) is 1. The first-order valence-corrected chi connectivity index (χ1v) is 8.82. The van der Waals surface area contributed by atoms with Crippen molar-refractivity contribution in [1.29, 1.82) is 0 Å². The quantitative estimate of drug-likeness (QED) is 0.799. The molecule has 1 aliphatic carbocycles. The van der Waals surface area contributed by atoms with Gasteiger partial charge in [-0.05, 0) is 50.2 Å². The summed E-state index contributed by atoms with van der Waals surface area (Å²) < 4.78 is 11.4. The number of benzene rings is 1. The van der Waals surface area contributed by atoms with Gasteiger partial charge in [0.15, 0.2) is 0 Å². The van der Waals surface area contributed by atoms with Crippen LogP contribution in [0.15, 0.2) is 18.2 Å². The lowest BCUT2D eigenvalue weighted by molar-refractivity contribution is 0.0577. The van der Waals surface area contributed by atoms with E-state index in [4.69, 9.17) is 9.47 Å². The summed E-state index contributed by atoms with van der Waals surface area (Å²) in [4.78, 5) is 2.44. The standard InChI is InChI=1S/C19H29NO3/c1-14-4-3-5-15(2)19(14)23-13-18(21)11-20(17-6-7-17)10-16-8-9-22-12-16/h3-5,16-18,21H,6-13H2,1-2H3. The molecule has 2 fully saturated rings. The number of aliphatic hydroxyl groups excluding tert-OH is 1. The fraction of sp³-hybridized carbons (Fsp3) is 0.684.